The molecule has 0 N–H and O–H groups in total. The van der Waals surface area contributed by atoms with Gasteiger partial charge in [0.15, 0.2) is 0 Å². The standard InChI is InChI=1S/C13H12O5/c1-7-5-11(18-12(7)14)16-6-9-8-3-2-4-10(8)17-13(9)15/h2-3,5-6,8,10-11H,4H2,1H3/b9-6+/t8-,10-,11+/m1/s1. The summed E-state index contributed by atoms with van der Waals surface area (Å²) in [5.41, 5.74) is 0.980. The third-order valence-corrected chi connectivity index (χ3v) is 3.23. The quantitative estimate of drug-likeness (QED) is 0.318. The molecule has 3 atom stereocenters. The van der Waals surface area contributed by atoms with E-state index in [4.69, 9.17) is 14.2 Å². The largest absolute Gasteiger partial charge is 0.458 e. The molecule has 0 unspecified atom stereocenters. The van der Waals surface area contributed by atoms with Gasteiger partial charge in [-0.15, -0.1) is 0 Å². The average Bonchev–Trinajstić information content (AvgIpc) is 2.94. The van der Waals surface area contributed by atoms with Crippen molar-refractivity contribution in [1.82, 2.24) is 0 Å². The van der Waals surface area contributed by atoms with Crippen LogP contribution in [0.2, 0.25) is 0 Å². The number of ether oxygens (including phenoxy) is 3. The first kappa shape index (κ1) is 11.1. The molecule has 1 fully saturated rings. The van der Waals surface area contributed by atoms with Gasteiger partial charge >= 0.3 is 11.9 Å². The van der Waals surface area contributed by atoms with E-state index in [2.05, 4.69) is 0 Å². The lowest BCUT2D eigenvalue weighted by atomic mass is 10.0. The van der Waals surface area contributed by atoms with E-state index in [1.165, 1.54) is 6.26 Å². The van der Waals surface area contributed by atoms with Crippen molar-refractivity contribution in [2.45, 2.75) is 25.7 Å². The van der Waals surface area contributed by atoms with Crippen molar-refractivity contribution < 1.29 is 23.8 Å². The number of esters is 2. The molecule has 0 amide bonds. The van der Waals surface area contributed by atoms with Gasteiger partial charge in [0.25, 0.3) is 6.29 Å². The van der Waals surface area contributed by atoms with Gasteiger partial charge in [0, 0.05) is 24.0 Å². The Balaban J connectivity index is 1.71. The van der Waals surface area contributed by atoms with Crippen LogP contribution in [0.5, 0.6) is 0 Å². The van der Waals surface area contributed by atoms with Crippen LogP contribution in [0.3, 0.4) is 0 Å². The molecule has 94 valence electrons. The van der Waals surface area contributed by atoms with E-state index in [1.54, 1.807) is 13.0 Å². The van der Waals surface area contributed by atoms with Gasteiger partial charge in [-0.05, 0) is 6.92 Å². The summed E-state index contributed by atoms with van der Waals surface area (Å²) in [6.07, 6.45) is 6.72. The zero-order valence-corrected chi connectivity index (χ0v) is 9.79. The molecule has 1 saturated heterocycles. The van der Waals surface area contributed by atoms with Gasteiger partial charge in [0.1, 0.15) is 6.10 Å². The topological polar surface area (TPSA) is 61.8 Å². The Morgan fingerprint density at radius 3 is 2.89 bits per heavy atom. The first-order chi connectivity index (χ1) is 8.65. The fourth-order valence-electron chi connectivity index (χ4n) is 2.24. The minimum Gasteiger partial charge on any atom is -0.458 e. The number of fused-ring (bicyclic) bond motifs is 1. The summed E-state index contributed by atoms with van der Waals surface area (Å²) < 4.78 is 15.4. The molecular formula is C13H12O5. The van der Waals surface area contributed by atoms with Gasteiger partial charge in [-0.2, -0.15) is 0 Å². The number of carbonyl (C=O) groups is 2. The van der Waals surface area contributed by atoms with E-state index in [9.17, 15) is 9.59 Å². The van der Waals surface area contributed by atoms with Gasteiger partial charge in [0.05, 0.1) is 11.8 Å². The number of cyclic esters (lactones) is 1. The first-order valence-corrected chi connectivity index (χ1v) is 5.78. The van der Waals surface area contributed by atoms with Gasteiger partial charge in [-0.3, -0.25) is 0 Å². The molecule has 5 heteroatoms. The van der Waals surface area contributed by atoms with Crippen LogP contribution in [0.25, 0.3) is 0 Å². The third kappa shape index (κ3) is 1.72. The average molecular weight is 248 g/mol. The highest BCUT2D eigenvalue weighted by atomic mass is 16.7. The van der Waals surface area contributed by atoms with E-state index >= 15 is 0 Å². The summed E-state index contributed by atoms with van der Waals surface area (Å²) in [7, 11) is 0. The number of hydrogen-bond donors (Lipinski definition) is 0. The van der Waals surface area contributed by atoms with Gasteiger partial charge in [-0.1, -0.05) is 12.2 Å². The van der Waals surface area contributed by atoms with Crippen LogP contribution in [-0.4, -0.2) is 24.3 Å². The lowest BCUT2D eigenvalue weighted by molar-refractivity contribution is -0.152. The number of rotatable bonds is 2. The molecule has 3 aliphatic rings. The normalized spacial score (nSPS) is 35.5. The van der Waals surface area contributed by atoms with E-state index in [-0.39, 0.29) is 18.0 Å². The van der Waals surface area contributed by atoms with E-state index < -0.39 is 12.3 Å². The SMILES string of the molecule is CC1=C[C@@H](O/C=C2/C(=O)O[C@@H]3CC=C[C@H]23)OC1=O. The summed E-state index contributed by atoms with van der Waals surface area (Å²) in [5, 5.41) is 0. The van der Waals surface area contributed by atoms with E-state index in [0.717, 1.165) is 6.42 Å². The molecule has 18 heavy (non-hydrogen) atoms. The van der Waals surface area contributed by atoms with Crippen molar-refractivity contribution in [3.8, 4) is 0 Å². The van der Waals surface area contributed by atoms with E-state index in [1.807, 2.05) is 12.2 Å². The van der Waals surface area contributed by atoms with Crippen LogP contribution in [-0.2, 0) is 23.8 Å². The van der Waals surface area contributed by atoms with Crippen LogP contribution in [0.4, 0.5) is 0 Å². The zero-order valence-electron chi connectivity index (χ0n) is 9.79. The Morgan fingerprint density at radius 2 is 2.17 bits per heavy atom. The summed E-state index contributed by atoms with van der Waals surface area (Å²) in [6, 6.07) is 0. The fraction of sp³-hybridized carbons (Fsp3) is 0.385. The molecule has 0 spiro atoms. The second-order valence-electron chi connectivity index (χ2n) is 4.47. The maximum Gasteiger partial charge on any atom is 0.338 e. The van der Waals surface area contributed by atoms with Crippen LogP contribution in [0, 0.1) is 5.92 Å². The van der Waals surface area contributed by atoms with Crippen molar-refractivity contribution in [2.24, 2.45) is 5.92 Å². The monoisotopic (exact) mass is 248 g/mol. The molecule has 3 rings (SSSR count). The highest BCUT2D eigenvalue weighted by Crippen LogP contribution is 2.35. The highest BCUT2D eigenvalue weighted by molar-refractivity contribution is 5.92. The Bertz CT molecular complexity index is 500. The molecule has 0 radical (unpaired) electrons. The molecule has 5 nitrogen and oxygen atoms in total. The maximum absolute atomic E-state index is 11.6. The van der Waals surface area contributed by atoms with Crippen molar-refractivity contribution >= 4 is 11.9 Å². The lowest BCUT2D eigenvalue weighted by Gasteiger charge is -2.09. The molecule has 0 aromatic rings. The number of hydrogen-bond acceptors (Lipinski definition) is 5. The zero-order chi connectivity index (χ0) is 12.7. The molecule has 0 saturated carbocycles. The molecule has 0 bridgehead atoms. The molecule has 1 aliphatic carbocycles. The molecule has 0 aromatic carbocycles. The van der Waals surface area contributed by atoms with Crippen LogP contribution >= 0.6 is 0 Å². The fourth-order valence-corrected chi connectivity index (χ4v) is 2.24. The summed E-state index contributed by atoms with van der Waals surface area (Å²) in [4.78, 5) is 22.7. The predicted molar refractivity (Wildman–Crippen MR) is 59.9 cm³/mol. The Hall–Kier alpha value is -2.04. The summed E-state index contributed by atoms with van der Waals surface area (Å²) in [6.45, 7) is 1.65. The molecule has 2 heterocycles. The minimum absolute atomic E-state index is 0.0420. The minimum atomic E-state index is -0.748. The van der Waals surface area contributed by atoms with Gasteiger partial charge in [0.2, 0.25) is 0 Å². The highest BCUT2D eigenvalue weighted by Gasteiger charge is 2.40. The Labute approximate surface area is 104 Å². The second-order valence-corrected chi connectivity index (χ2v) is 4.47. The molecular weight excluding hydrogens is 236 g/mol. The predicted octanol–water partition coefficient (Wildman–Crippen LogP) is 1.22. The van der Waals surface area contributed by atoms with E-state index in [0.29, 0.717) is 11.1 Å². The van der Waals surface area contributed by atoms with Crippen molar-refractivity contribution in [2.75, 3.05) is 0 Å². The smallest absolute Gasteiger partial charge is 0.338 e. The maximum atomic E-state index is 11.6. The Morgan fingerprint density at radius 1 is 1.33 bits per heavy atom. The van der Waals surface area contributed by atoms with Gasteiger partial charge < -0.3 is 14.2 Å². The van der Waals surface area contributed by atoms with Crippen molar-refractivity contribution in [3.63, 3.8) is 0 Å². The lowest BCUT2D eigenvalue weighted by Crippen LogP contribution is -2.11. The third-order valence-electron chi connectivity index (χ3n) is 3.23. The van der Waals surface area contributed by atoms with Crippen LogP contribution in [0.1, 0.15) is 13.3 Å². The van der Waals surface area contributed by atoms with Gasteiger partial charge in [-0.25, -0.2) is 9.59 Å². The number of carbonyl (C=O) groups excluding carboxylic acids is 2. The summed E-state index contributed by atoms with van der Waals surface area (Å²) in [5.74, 6) is -0.801. The first-order valence-electron chi connectivity index (χ1n) is 5.78. The van der Waals surface area contributed by atoms with Crippen molar-refractivity contribution in [3.05, 3.63) is 35.6 Å². The molecule has 0 aromatic heterocycles. The Kier molecular flexibility index (Phi) is 2.47. The second kappa shape index (κ2) is 4.01. The summed E-state index contributed by atoms with van der Waals surface area (Å²) >= 11 is 0. The van der Waals surface area contributed by atoms with Crippen molar-refractivity contribution in [1.29, 1.82) is 0 Å². The molecule has 2 aliphatic heterocycles. The van der Waals surface area contributed by atoms with Crippen LogP contribution < -0.4 is 0 Å². The van der Waals surface area contributed by atoms with Crippen LogP contribution in [0.15, 0.2) is 35.6 Å².